The number of hydrogen-bond donors (Lipinski definition) is 1. The highest BCUT2D eigenvalue weighted by Gasteiger charge is 2.07. The summed E-state index contributed by atoms with van der Waals surface area (Å²) in [6, 6.07) is 8.24. The Hall–Kier alpha value is -1.39. The molecule has 0 fully saturated rings. The molecule has 0 spiro atoms. The van der Waals surface area contributed by atoms with Crippen molar-refractivity contribution in [3.63, 3.8) is 0 Å². The molecule has 4 nitrogen and oxygen atoms in total. The van der Waals surface area contributed by atoms with Crippen molar-refractivity contribution in [2.75, 3.05) is 19.7 Å². The number of hydrogen-bond acceptors (Lipinski definition) is 3. The van der Waals surface area contributed by atoms with Crippen LogP contribution in [0.1, 0.15) is 19.0 Å². The number of aromatic nitrogens is 2. The van der Waals surface area contributed by atoms with Gasteiger partial charge >= 0.3 is 0 Å². The van der Waals surface area contributed by atoms with E-state index < -0.39 is 0 Å². The number of aryl methyl sites for hydroxylation is 1. The zero-order valence-electron chi connectivity index (χ0n) is 11.1. The maximum absolute atomic E-state index is 5.65. The van der Waals surface area contributed by atoms with Crippen LogP contribution in [-0.4, -0.2) is 29.5 Å². The summed E-state index contributed by atoms with van der Waals surface area (Å²) in [6.07, 6.45) is 1.16. The molecule has 0 saturated carbocycles. The molecule has 1 aromatic heterocycles. The standard InChI is InChI=1S/C14H21N3O/c1-3-8-15-9-10-18-11-13-12-6-4-5-7-14(12)17(2)16-13/h4-7,15H,3,8-11H2,1-2H3. The Morgan fingerprint density at radius 2 is 2.11 bits per heavy atom. The van der Waals surface area contributed by atoms with E-state index in [0.717, 1.165) is 37.3 Å². The zero-order valence-corrected chi connectivity index (χ0v) is 11.1. The first-order valence-corrected chi connectivity index (χ1v) is 6.52. The Balaban J connectivity index is 1.88. The summed E-state index contributed by atoms with van der Waals surface area (Å²) in [7, 11) is 1.97. The van der Waals surface area contributed by atoms with E-state index in [1.165, 1.54) is 5.39 Å². The number of ether oxygens (including phenoxy) is 1. The lowest BCUT2D eigenvalue weighted by Crippen LogP contribution is -2.20. The molecule has 0 aliphatic heterocycles. The Morgan fingerprint density at radius 3 is 2.94 bits per heavy atom. The van der Waals surface area contributed by atoms with E-state index in [1.807, 2.05) is 23.9 Å². The Labute approximate surface area is 108 Å². The van der Waals surface area contributed by atoms with Crippen molar-refractivity contribution >= 4 is 10.9 Å². The van der Waals surface area contributed by atoms with Crippen LogP contribution in [0.5, 0.6) is 0 Å². The molecule has 4 heteroatoms. The average Bonchev–Trinajstić information content (AvgIpc) is 2.71. The molecule has 0 amide bonds. The minimum absolute atomic E-state index is 0.579. The third-order valence-electron chi connectivity index (χ3n) is 2.92. The van der Waals surface area contributed by atoms with Crippen LogP contribution < -0.4 is 5.32 Å². The lowest BCUT2D eigenvalue weighted by molar-refractivity contribution is 0.120. The van der Waals surface area contributed by atoms with E-state index in [4.69, 9.17) is 4.74 Å². The summed E-state index contributed by atoms with van der Waals surface area (Å²) in [5, 5.41) is 8.99. The van der Waals surface area contributed by atoms with Crippen LogP contribution in [0.15, 0.2) is 24.3 Å². The fraction of sp³-hybridized carbons (Fsp3) is 0.500. The number of para-hydroxylation sites is 1. The summed E-state index contributed by atoms with van der Waals surface area (Å²) in [5.74, 6) is 0. The largest absolute Gasteiger partial charge is 0.374 e. The van der Waals surface area contributed by atoms with Gasteiger partial charge in [-0.2, -0.15) is 5.10 Å². The van der Waals surface area contributed by atoms with E-state index in [1.54, 1.807) is 0 Å². The molecule has 2 aromatic rings. The van der Waals surface area contributed by atoms with Gasteiger partial charge in [0.1, 0.15) is 0 Å². The van der Waals surface area contributed by atoms with Crippen molar-refractivity contribution in [2.45, 2.75) is 20.0 Å². The van der Waals surface area contributed by atoms with Gasteiger partial charge in [-0.15, -0.1) is 0 Å². The molecule has 0 radical (unpaired) electrons. The second kappa shape index (κ2) is 6.52. The molecule has 0 unspecified atom stereocenters. The van der Waals surface area contributed by atoms with Gasteiger partial charge in [-0.3, -0.25) is 4.68 Å². The molecule has 0 aliphatic carbocycles. The van der Waals surface area contributed by atoms with Crippen molar-refractivity contribution < 1.29 is 4.74 Å². The summed E-state index contributed by atoms with van der Waals surface area (Å²) < 4.78 is 7.56. The molecule has 98 valence electrons. The summed E-state index contributed by atoms with van der Waals surface area (Å²) >= 11 is 0. The summed E-state index contributed by atoms with van der Waals surface area (Å²) in [4.78, 5) is 0. The van der Waals surface area contributed by atoms with E-state index >= 15 is 0 Å². The van der Waals surface area contributed by atoms with Gasteiger partial charge in [0.15, 0.2) is 0 Å². The van der Waals surface area contributed by atoms with E-state index in [0.29, 0.717) is 6.61 Å². The van der Waals surface area contributed by atoms with Crippen LogP contribution in [-0.2, 0) is 18.4 Å². The minimum atomic E-state index is 0.579. The molecular formula is C14H21N3O. The first kappa shape index (κ1) is 13.1. The Bertz CT molecular complexity index is 493. The van der Waals surface area contributed by atoms with Crippen LogP contribution in [0, 0.1) is 0 Å². The lowest BCUT2D eigenvalue weighted by atomic mass is 10.2. The van der Waals surface area contributed by atoms with Gasteiger partial charge in [0.2, 0.25) is 0 Å². The van der Waals surface area contributed by atoms with E-state index in [2.05, 4.69) is 29.5 Å². The summed E-state index contributed by atoms with van der Waals surface area (Å²) in [6.45, 7) is 5.42. The van der Waals surface area contributed by atoms with Gasteiger partial charge in [0.05, 0.1) is 24.4 Å². The normalized spacial score (nSPS) is 11.2. The van der Waals surface area contributed by atoms with Crippen molar-refractivity contribution in [1.82, 2.24) is 15.1 Å². The number of fused-ring (bicyclic) bond motifs is 1. The molecule has 1 aromatic carbocycles. The molecular weight excluding hydrogens is 226 g/mol. The first-order valence-electron chi connectivity index (χ1n) is 6.52. The van der Waals surface area contributed by atoms with Crippen LogP contribution in [0.2, 0.25) is 0 Å². The molecule has 0 atom stereocenters. The second-order valence-corrected chi connectivity index (χ2v) is 4.39. The number of nitrogens with one attached hydrogen (secondary N) is 1. The maximum atomic E-state index is 5.65. The van der Waals surface area contributed by atoms with Crippen LogP contribution >= 0.6 is 0 Å². The average molecular weight is 247 g/mol. The topological polar surface area (TPSA) is 39.1 Å². The van der Waals surface area contributed by atoms with Crippen molar-refractivity contribution in [3.05, 3.63) is 30.0 Å². The molecule has 0 saturated heterocycles. The van der Waals surface area contributed by atoms with Gasteiger partial charge < -0.3 is 10.1 Å². The highest BCUT2D eigenvalue weighted by atomic mass is 16.5. The maximum Gasteiger partial charge on any atom is 0.0960 e. The van der Waals surface area contributed by atoms with Crippen LogP contribution in [0.4, 0.5) is 0 Å². The summed E-state index contributed by atoms with van der Waals surface area (Å²) in [5.41, 5.74) is 2.17. The molecule has 1 N–H and O–H groups in total. The fourth-order valence-electron chi connectivity index (χ4n) is 2.01. The second-order valence-electron chi connectivity index (χ2n) is 4.39. The van der Waals surface area contributed by atoms with Crippen molar-refractivity contribution in [2.24, 2.45) is 7.05 Å². The molecule has 1 heterocycles. The fourth-order valence-corrected chi connectivity index (χ4v) is 2.01. The number of rotatable bonds is 7. The SMILES string of the molecule is CCCNCCOCc1nn(C)c2ccccc12. The third-order valence-corrected chi connectivity index (χ3v) is 2.92. The molecule has 0 bridgehead atoms. The lowest BCUT2D eigenvalue weighted by Gasteiger charge is -2.03. The number of nitrogens with zero attached hydrogens (tertiary/aromatic N) is 2. The van der Waals surface area contributed by atoms with Crippen LogP contribution in [0.25, 0.3) is 10.9 Å². The third kappa shape index (κ3) is 3.09. The van der Waals surface area contributed by atoms with Gasteiger partial charge in [-0.1, -0.05) is 25.1 Å². The van der Waals surface area contributed by atoms with Gasteiger partial charge in [-0.25, -0.2) is 0 Å². The highest BCUT2D eigenvalue weighted by Crippen LogP contribution is 2.17. The molecule has 0 aliphatic rings. The van der Waals surface area contributed by atoms with E-state index in [9.17, 15) is 0 Å². The predicted molar refractivity (Wildman–Crippen MR) is 73.5 cm³/mol. The van der Waals surface area contributed by atoms with Crippen molar-refractivity contribution in [1.29, 1.82) is 0 Å². The monoisotopic (exact) mass is 247 g/mol. The van der Waals surface area contributed by atoms with Crippen molar-refractivity contribution in [3.8, 4) is 0 Å². The predicted octanol–water partition coefficient (Wildman–Crippen LogP) is 2.09. The smallest absolute Gasteiger partial charge is 0.0960 e. The zero-order chi connectivity index (χ0) is 12.8. The van der Waals surface area contributed by atoms with Crippen LogP contribution in [0.3, 0.4) is 0 Å². The highest BCUT2D eigenvalue weighted by molar-refractivity contribution is 5.81. The Morgan fingerprint density at radius 1 is 1.28 bits per heavy atom. The molecule has 2 rings (SSSR count). The number of benzene rings is 1. The quantitative estimate of drug-likeness (QED) is 0.761. The first-order chi connectivity index (χ1) is 8.83. The molecule has 18 heavy (non-hydrogen) atoms. The van der Waals surface area contributed by atoms with Gasteiger partial charge in [-0.05, 0) is 19.0 Å². The van der Waals surface area contributed by atoms with E-state index in [-0.39, 0.29) is 0 Å². The Kier molecular flexibility index (Phi) is 4.73. The van der Waals surface area contributed by atoms with Gasteiger partial charge in [0.25, 0.3) is 0 Å². The van der Waals surface area contributed by atoms with Gasteiger partial charge in [0, 0.05) is 19.0 Å². The minimum Gasteiger partial charge on any atom is -0.374 e.